The summed E-state index contributed by atoms with van der Waals surface area (Å²) in [6.07, 6.45) is -0.982. The van der Waals surface area contributed by atoms with Crippen LogP contribution in [0.5, 0.6) is 5.75 Å². The van der Waals surface area contributed by atoms with Crippen molar-refractivity contribution >= 4 is 12.1 Å². The van der Waals surface area contributed by atoms with E-state index in [0.29, 0.717) is 15.9 Å². The normalized spacial score (nSPS) is 12.0. The third-order valence-corrected chi connectivity index (χ3v) is 5.97. The maximum Gasteiger partial charge on any atom is 0.408 e. The third-order valence-electron chi connectivity index (χ3n) is 5.97. The first kappa shape index (κ1) is 30.1. The summed E-state index contributed by atoms with van der Waals surface area (Å²) < 4.78 is 46.1. The number of benzene rings is 2. The molecule has 1 amide bonds. The molecule has 1 aromatic heterocycles. The van der Waals surface area contributed by atoms with E-state index in [1.807, 2.05) is 0 Å². The van der Waals surface area contributed by atoms with Crippen molar-refractivity contribution in [3.8, 4) is 16.9 Å². The van der Waals surface area contributed by atoms with Gasteiger partial charge in [-0.1, -0.05) is 18.2 Å². The summed E-state index contributed by atoms with van der Waals surface area (Å²) in [5.41, 5.74) is -2.56. The molecule has 0 aliphatic heterocycles. The van der Waals surface area contributed by atoms with Crippen molar-refractivity contribution in [3.63, 3.8) is 0 Å². The number of nitrogens with one attached hydrogen (secondary N) is 1. The predicted octanol–water partition coefficient (Wildman–Crippen LogP) is 3.39. The van der Waals surface area contributed by atoms with Crippen molar-refractivity contribution in [3.05, 3.63) is 86.2 Å². The highest BCUT2D eigenvalue weighted by molar-refractivity contribution is 5.81. The molecule has 10 nitrogen and oxygen atoms in total. The monoisotopic (exact) mass is 559 g/mol. The molecule has 0 spiro atoms. The predicted molar refractivity (Wildman–Crippen MR) is 142 cm³/mol. The molecule has 1 atom stereocenters. The van der Waals surface area contributed by atoms with E-state index >= 15 is 0 Å². The van der Waals surface area contributed by atoms with Crippen molar-refractivity contribution in [1.82, 2.24) is 14.5 Å². The number of rotatable bonds is 8. The zero-order chi connectivity index (χ0) is 29.8. The van der Waals surface area contributed by atoms with Crippen LogP contribution in [0.15, 0.2) is 52.1 Å². The number of carbonyl (C=O) groups is 2. The fourth-order valence-corrected chi connectivity index (χ4v) is 4.05. The molecule has 12 heteroatoms. The van der Waals surface area contributed by atoms with Gasteiger partial charge in [-0.15, -0.1) is 0 Å². The molecule has 0 saturated carbocycles. The van der Waals surface area contributed by atoms with Crippen molar-refractivity contribution in [2.75, 3.05) is 14.2 Å². The number of hydrogen-bond donors (Lipinski definition) is 1. The number of ether oxygens (including phenoxy) is 3. The second-order valence-electron chi connectivity index (χ2n) is 9.90. The van der Waals surface area contributed by atoms with Crippen LogP contribution in [0.25, 0.3) is 11.1 Å². The lowest BCUT2D eigenvalue weighted by Gasteiger charge is -2.24. The SMILES string of the molecule is COC(=O)[C@H](Cn1c(=O)c(-c2cccc(OC)c2)c(C)n(Cc2c(F)cccc2F)c1=O)NC(=O)OC(C)(C)C. The van der Waals surface area contributed by atoms with E-state index in [-0.39, 0.29) is 11.3 Å². The van der Waals surface area contributed by atoms with Crippen molar-refractivity contribution in [1.29, 1.82) is 0 Å². The number of halogens is 2. The zero-order valence-electron chi connectivity index (χ0n) is 23.0. The highest BCUT2D eigenvalue weighted by Crippen LogP contribution is 2.24. The van der Waals surface area contributed by atoms with Crippen LogP contribution in [0.1, 0.15) is 32.0 Å². The molecule has 2 aromatic carbocycles. The Morgan fingerprint density at radius 3 is 2.20 bits per heavy atom. The Labute approximate surface area is 229 Å². The van der Waals surface area contributed by atoms with Crippen LogP contribution in [0, 0.1) is 18.6 Å². The third kappa shape index (κ3) is 6.74. The van der Waals surface area contributed by atoms with E-state index in [0.717, 1.165) is 23.8 Å². The molecule has 0 saturated heterocycles. The zero-order valence-corrected chi connectivity index (χ0v) is 23.0. The smallest absolute Gasteiger partial charge is 0.408 e. The van der Waals surface area contributed by atoms with E-state index < -0.39 is 65.2 Å². The van der Waals surface area contributed by atoms with Crippen LogP contribution in [-0.4, -0.2) is 47.1 Å². The summed E-state index contributed by atoms with van der Waals surface area (Å²) >= 11 is 0. The fourth-order valence-electron chi connectivity index (χ4n) is 4.05. The Kier molecular flexibility index (Phi) is 9.13. The number of methoxy groups -OCH3 is 2. The first-order valence-corrected chi connectivity index (χ1v) is 12.3. The Morgan fingerprint density at radius 2 is 1.62 bits per heavy atom. The molecule has 0 aliphatic carbocycles. The molecule has 0 radical (unpaired) electrons. The van der Waals surface area contributed by atoms with Gasteiger partial charge in [0.05, 0.1) is 32.9 Å². The largest absolute Gasteiger partial charge is 0.497 e. The quantitative estimate of drug-likeness (QED) is 0.421. The minimum atomic E-state index is -1.51. The molecule has 1 heterocycles. The van der Waals surface area contributed by atoms with E-state index in [1.165, 1.54) is 20.1 Å². The number of carbonyl (C=O) groups excluding carboxylic acids is 2. The van der Waals surface area contributed by atoms with Gasteiger partial charge in [0.25, 0.3) is 5.56 Å². The average Bonchev–Trinajstić information content (AvgIpc) is 2.88. The van der Waals surface area contributed by atoms with Crippen LogP contribution in [-0.2, 0) is 27.4 Å². The molecule has 1 N–H and O–H groups in total. The molecule has 0 unspecified atom stereocenters. The molecule has 40 heavy (non-hydrogen) atoms. The van der Waals surface area contributed by atoms with E-state index in [2.05, 4.69) is 5.32 Å². The van der Waals surface area contributed by atoms with Gasteiger partial charge in [-0.3, -0.25) is 13.9 Å². The van der Waals surface area contributed by atoms with Gasteiger partial charge >= 0.3 is 17.8 Å². The van der Waals surface area contributed by atoms with Gasteiger partial charge in [-0.25, -0.2) is 23.2 Å². The highest BCUT2D eigenvalue weighted by atomic mass is 19.1. The molecular weight excluding hydrogens is 528 g/mol. The Hall–Kier alpha value is -4.48. The number of hydrogen-bond acceptors (Lipinski definition) is 7. The van der Waals surface area contributed by atoms with Crippen molar-refractivity contribution < 1.29 is 32.6 Å². The molecule has 3 rings (SSSR count). The molecule has 0 aliphatic rings. The average molecular weight is 560 g/mol. The van der Waals surface area contributed by atoms with Crippen LogP contribution in [0.3, 0.4) is 0 Å². The Morgan fingerprint density at radius 1 is 1.00 bits per heavy atom. The second-order valence-corrected chi connectivity index (χ2v) is 9.90. The van der Waals surface area contributed by atoms with E-state index in [9.17, 15) is 28.0 Å². The standard InChI is InChI=1S/C28H31F2N3O7/c1-16-23(17-9-7-10-18(13-17)38-5)24(34)33(15-22(25(35)39-6)31-26(36)40-28(2,3)4)27(37)32(16)14-19-20(29)11-8-12-21(19)30/h7-13,22H,14-15H2,1-6H3,(H,31,36)/t22-/m0/s1. The first-order valence-electron chi connectivity index (χ1n) is 12.3. The van der Waals surface area contributed by atoms with Gasteiger partial charge in [0.2, 0.25) is 0 Å². The lowest BCUT2D eigenvalue weighted by molar-refractivity contribution is -0.143. The Bertz CT molecular complexity index is 1520. The van der Waals surface area contributed by atoms with Crippen LogP contribution < -0.4 is 21.3 Å². The molecule has 3 aromatic rings. The fraction of sp³-hybridized carbons (Fsp3) is 0.357. The van der Waals surface area contributed by atoms with Gasteiger partial charge in [-0.2, -0.15) is 0 Å². The number of nitrogens with zero attached hydrogens (tertiary/aromatic N) is 2. The van der Waals surface area contributed by atoms with Crippen molar-refractivity contribution in [2.45, 2.75) is 52.4 Å². The Balaban J connectivity index is 2.24. The lowest BCUT2D eigenvalue weighted by Crippen LogP contribution is -2.51. The van der Waals surface area contributed by atoms with Gasteiger partial charge in [-0.05, 0) is 57.5 Å². The summed E-state index contributed by atoms with van der Waals surface area (Å²) in [7, 11) is 2.51. The maximum absolute atomic E-state index is 14.6. The number of amides is 1. The van der Waals surface area contributed by atoms with Crippen molar-refractivity contribution in [2.24, 2.45) is 0 Å². The number of alkyl carbamates (subject to hydrolysis) is 1. The molecule has 0 bridgehead atoms. The van der Waals surface area contributed by atoms with Gasteiger partial charge < -0.3 is 19.5 Å². The van der Waals surface area contributed by atoms with Crippen LogP contribution in [0.4, 0.5) is 13.6 Å². The minimum Gasteiger partial charge on any atom is -0.497 e. The first-order chi connectivity index (χ1) is 18.8. The maximum atomic E-state index is 14.6. The minimum absolute atomic E-state index is 0.0242. The lowest BCUT2D eigenvalue weighted by atomic mass is 10.0. The van der Waals surface area contributed by atoms with E-state index in [4.69, 9.17) is 14.2 Å². The topological polar surface area (TPSA) is 118 Å². The highest BCUT2D eigenvalue weighted by Gasteiger charge is 2.29. The summed E-state index contributed by atoms with van der Waals surface area (Å²) in [6.45, 7) is 5.11. The molecule has 0 fully saturated rings. The van der Waals surface area contributed by atoms with Crippen LogP contribution >= 0.6 is 0 Å². The van der Waals surface area contributed by atoms with Gasteiger partial charge in [0, 0.05) is 11.3 Å². The van der Waals surface area contributed by atoms with Gasteiger partial charge in [0.1, 0.15) is 29.0 Å². The van der Waals surface area contributed by atoms with Crippen LogP contribution in [0.2, 0.25) is 0 Å². The summed E-state index contributed by atoms with van der Waals surface area (Å²) in [5.74, 6) is -2.30. The molecular formula is C28H31F2N3O7. The number of aromatic nitrogens is 2. The summed E-state index contributed by atoms with van der Waals surface area (Å²) in [6, 6.07) is 8.23. The van der Waals surface area contributed by atoms with Gasteiger partial charge in [0.15, 0.2) is 0 Å². The number of esters is 1. The van der Waals surface area contributed by atoms with E-state index in [1.54, 1.807) is 45.0 Å². The summed E-state index contributed by atoms with van der Waals surface area (Å²) in [5, 5.41) is 2.32. The second kappa shape index (κ2) is 12.1. The molecule has 214 valence electrons. The summed E-state index contributed by atoms with van der Waals surface area (Å²) in [4.78, 5) is 52.5.